The highest BCUT2D eigenvalue weighted by atomic mass is 15.1. The average molecular weight is 151 g/mol. The molecule has 60 valence electrons. The maximum absolute atomic E-state index is 4.17. The largest absolute Gasteiger partial charge is 0.376 e. The van der Waals surface area contributed by atoms with Crippen LogP contribution >= 0.6 is 0 Å². The SMILES string of the molecule is CNc1ccc(N(C)C)cn1. The summed E-state index contributed by atoms with van der Waals surface area (Å²) in [5.41, 5.74) is 1.11. The van der Waals surface area contributed by atoms with E-state index < -0.39 is 0 Å². The Balaban J connectivity index is 2.83. The van der Waals surface area contributed by atoms with Crippen LogP contribution in [0, 0.1) is 0 Å². The fourth-order valence-corrected chi connectivity index (χ4v) is 0.798. The Labute approximate surface area is 67.1 Å². The van der Waals surface area contributed by atoms with Gasteiger partial charge in [0.1, 0.15) is 5.82 Å². The Kier molecular flexibility index (Phi) is 2.31. The average Bonchev–Trinajstić information content (AvgIpc) is 2.05. The van der Waals surface area contributed by atoms with Crippen LogP contribution in [0.15, 0.2) is 18.3 Å². The molecule has 0 saturated heterocycles. The molecule has 0 atom stereocenters. The van der Waals surface area contributed by atoms with Crippen molar-refractivity contribution in [3.63, 3.8) is 0 Å². The Morgan fingerprint density at radius 1 is 1.36 bits per heavy atom. The van der Waals surface area contributed by atoms with Gasteiger partial charge in [0.05, 0.1) is 11.9 Å². The molecule has 0 aliphatic heterocycles. The number of nitrogens with zero attached hydrogens (tertiary/aromatic N) is 2. The van der Waals surface area contributed by atoms with E-state index in [0.29, 0.717) is 0 Å². The molecule has 0 spiro atoms. The standard InChI is InChI=1S/C8H13N3/c1-9-8-5-4-7(6-10-8)11(2)3/h4-6H,1-3H3,(H,9,10). The lowest BCUT2D eigenvalue weighted by Crippen LogP contribution is -2.08. The first-order chi connectivity index (χ1) is 5.24. The van der Waals surface area contributed by atoms with Gasteiger partial charge in [0.15, 0.2) is 0 Å². The highest BCUT2D eigenvalue weighted by Gasteiger charge is 1.93. The summed E-state index contributed by atoms with van der Waals surface area (Å²) in [4.78, 5) is 6.19. The number of anilines is 2. The second-order valence-corrected chi connectivity index (χ2v) is 2.55. The van der Waals surface area contributed by atoms with Gasteiger partial charge in [-0.2, -0.15) is 0 Å². The smallest absolute Gasteiger partial charge is 0.125 e. The topological polar surface area (TPSA) is 28.2 Å². The van der Waals surface area contributed by atoms with Crippen molar-refractivity contribution in [1.29, 1.82) is 0 Å². The van der Waals surface area contributed by atoms with Gasteiger partial charge in [-0.1, -0.05) is 0 Å². The zero-order chi connectivity index (χ0) is 8.27. The molecule has 0 aromatic carbocycles. The van der Waals surface area contributed by atoms with Gasteiger partial charge in [0.25, 0.3) is 0 Å². The van der Waals surface area contributed by atoms with Crippen molar-refractivity contribution >= 4 is 11.5 Å². The minimum absolute atomic E-state index is 0.899. The first kappa shape index (κ1) is 7.85. The molecule has 1 aromatic rings. The summed E-state index contributed by atoms with van der Waals surface area (Å²) in [6, 6.07) is 3.98. The third-order valence-electron chi connectivity index (χ3n) is 1.52. The van der Waals surface area contributed by atoms with Crippen LogP contribution in [-0.4, -0.2) is 26.1 Å². The Morgan fingerprint density at radius 3 is 2.45 bits per heavy atom. The van der Waals surface area contributed by atoms with E-state index in [2.05, 4.69) is 10.3 Å². The first-order valence-corrected chi connectivity index (χ1v) is 3.55. The van der Waals surface area contributed by atoms with Crippen molar-refractivity contribution in [3.05, 3.63) is 18.3 Å². The number of hydrogen-bond acceptors (Lipinski definition) is 3. The molecule has 3 nitrogen and oxygen atoms in total. The number of rotatable bonds is 2. The zero-order valence-corrected chi connectivity index (χ0v) is 7.13. The minimum atomic E-state index is 0.899. The van der Waals surface area contributed by atoms with Crippen LogP contribution in [0.3, 0.4) is 0 Å². The van der Waals surface area contributed by atoms with Crippen LogP contribution < -0.4 is 10.2 Å². The quantitative estimate of drug-likeness (QED) is 0.688. The van der Waals surface area contributed by atoms with Crippen LogP contribution in [-0.2, 0) is 0 Å². The number of nitrogens with one attached hydrogen (secondary N) is 1. The van der Waals surface area contributed by atoms with E-state index in [0.717, 1.165) is 11.5 Å². The summed E-state index contributed by atoms with van der Waals surface area (Å²) >= 11 is 0. The second-order valence-electron chi connectivity index (χ2n) is 2.55. The third kappa shape index (κ3) is 1.83. The molecule has 3 heteroatoms. The summed E-state index contributed by atoms with van der Waals surface area (Å²) in [5.74, 6) is 0.899. The molecular weight excluding hydrogens is 138 g/mol. The molecule has 0 unspecified atom stereocenters. The molecule has 0 saturated carbocycles. The van der Waals surface area contributed by atoms with Gasteiger partial charge in [-0.3, -0.25) is 0 Å². The number of hydrogen-bond donors (Lipinski definition) is 1. The van der Waals surface area contributed by atoms with Gasteiger partial charge in [-0.05, 0) is 12.1 Å². The van der Waals surface area contributed by atoms with Crippen LogP contribution in [0.5, 0.6) is 0 Å². The van der Waals surface area contributed by atoms with Gasteiger partial charge in [-0.15, -0.1) is 0 Å². The lowest BCUT2D eigenvalue weighted by Gasteiger charge is -2.11. The number of aromatic nitrogens is 1. The van der Waals surface area contributed by atoms with Gasteiger partial charge in [-0.25, -0.2) is 4.98 Å². The molecule has 0 aliphatic rings. The molecule has 0 amide bonds. The van der Waals surface area contributed by atoms with E-state index >= 15 is 0 Å². The summed E-state index contributed by atoms with van der Waals surface area (Å²) < 4.78 is 0. The van der Waals surface area contributed by atoms with Crippen molar-refractivity contribution in [2.75, 3.05) is 31.4 Å². The summed E-state index contributed by atoms with van der Waals surface area (Å²) in [7, 11) is 5.85. The molecule has 0 bridgehead atoms. The van der Waals surface area contributed by atoms with Gasteiger partial charge < -0.3 is 10.2 Å². The fraction of sp³-hybridized carbons (Fsp3) is 0.375. The van der Waals surface area contributed by atoms with Crippen molar-refractivity contribution in [3.8, 4) is 0 Å². The van der Waals surface area contributed by atoms with Crippen molar-refractivity contribution in [1.82, 2.24) is 4.98 Å². The first-order valence-electron chi connectivity index (χ1n) is 3.55. The summed E-state index contributed by atoms with van der Waals surface area (Å²) in [6.45, 7) is 0. The highest BCUT2D eigenvalue weighted by molar-refractivity contribution is 5.47. The minimum Gasteiger partial charge on any atom is -0.376 e. The van der Waals surface area contributed by atoms with Crippen molar-refractivity contribution < 1.29 is 0 Å². The fourth-order valence-electron chi connectivity index (χ4n) is 0.798. The molecule has 1 rings (SSSR count). The van der Waals surface area contributed by atoms with E-state index in [9.17, 15) is 0 Å². The lowest BCUT2D eigenvalue weighted by atomic mass is 10.4. The van der Waals surface area contributed by atoms with E-state index in [4.69, 9.17) is 0 Å². The van der Waals surface area contributed by atoms with Crippen LogP contribution in [0.25, 0.3) is 0 Å². The monoisotopic (exact) mass is 151 g/mol. The number of pyridine rings is 1. The molecule has 11 heavy (non-hydrogen) atoms. The Hall–Kier alpha value is -1.25. The predicted octanol–water partition coefficient (Wildman–Crippen LogP) is 1.19. The van der Waals surface area contributed by atoms with Crippen molar-refractivity contribution in [2.45, 2.75) is 0 Å². The summed E-state index contributed by atoms with van der Waals surface area (Å²) in [5, 5.41) is 2.96. The van der Waals surface area contributed by atoms with Gasteiger partial charge in [0.2, 0.25) is 0 Å². The van der Waals surface area contributed by atoms with Gasteiger partial charge >= 0.3 is 0 Å². The van der Waals surface area contributed by atoms with Crippen LogP contribution in [0.1, 0.15) is 0 Å². The normalized spacial score (nSPS) is 9.36. The zero-order valence-electron chi connectivity index (χ0n) is 7.13. The molecule has 0 aliphatic carbocycles. The van der Waals surface area contributed by atoms with E-state index in [-0.39, 0.29) is 0 Å². The summed E-state index contributed by atoms with van der Waals surface area (Å²) in [6.07, 6.45) is 1.84. The van der Waals surface area contributed by atoms with E-state index in [1.54, 1.807) is 0 Å². The molecule has 1 N–H and O–H groups in total. The van der Waals surface area contributed by atoms with E-state index in [1.165, 1.54) is 0 Å². The molecule has 0 fully saturated rings. The second kappa shape index (κ2) is 3.23. The van der Waals surface area contributed by atoms with E-state index in [1.807, 2.05) is 44.4 Å². The van der Waals surface area contributed by atoms with Crippen molar-refractivity contribution in [2.24, 2.45) is 0 Å². The van der Waals surface area contributed by atoms with Crippen LogP contribution in [0.2, 0.25) is 0 Å². The Bertz CT molecular complexity index is 215. The maximum Gasteiger partial charge on any atom is 0.125 e. The Morgan fingerprint density at radius 2 is 2.09 bits per heavy atom. The predicted molar refractivity (Wildman–Crippen MR) is 48.1 cm³/mol. The van der Waals surface area contributed by atoms with Crippen LogP contribution in [0.4, 0.5) is 11.5 Å². The molecule has 1 heterocycles. The molecule has 1 aromatic heterocycles. The van der Waals surface area contributed by atoms with Gasteiger partial charge in [0, 0.05) is 21.1 Å². The third-order valence-corrected chi connectivity index (χ3v) is 1.52. The lowest BCUT2D eigenvalue weighted by molar-refractivity contribution is 1.11. The molecular formula is C8H13N3. The highest BCUT2D eigenvalue weighted by Crippen LogP contribution is 2.10. The molecule has 0 radical (unpaired) electrons. The maximum atomic E-state index is 4.17.